The van der Waals surface area contributed by atoms with Crippen LogP contribution in [0.2, 0.25) is 0 Å². The van der Waals surface area contributed by atoms with E-state index in [2.05, 4.69) is 15.3 Å². The van der Waals surface area contributed by atoms with Gasteiger partial charge in [0.2, 0.25) is 0 Å². The molecule has 0 aliphatic rings. The number of aliphatic hydroxyl groups excluding tert-OH is 2. The molecule has 0 spiro atoms. The molecule has 1 aromatic rings. The van der Waals surface area contributed by atoms with Gasteiger partial charge in [-0.15, -0.1) is 0 Å². The van der Waals surface area contributed by atoms with E-state index < -0.39 is 0 Å². The first kappa shape index (κ1) is 16.7. The van der Waals surface area contributed by atoms with Crippen molar-refractivity contribution in [3.63, 3.8) is 0 Å². The largest absolute Gasteiger partial charge is 0.395 e. The minimum atomic E-state index is 0.0248. The van der Waals surface area contributed by atoms with E-state index in [0.717, 1.165) is 29.6 Å². The lowest BCUT2D eigenvalue weighted by atomic mass is 10.2. The molecule has 0 fully saturated rings. The fourth-order valence-corrected chi connectivity index (χ4v) is 1.99. The van der Waals surface area contributed by atoms with Crippen LogP contribution in [-0.4, -0.2) is 53.0 Å². The number of rotatable bonds is 8. The van der Waals surface area contributed by atoms with Crippen LogP contribution in [-0.2, 0) is 0 Å². The maximum atomic E-state index is 9.18. The Bertz CT molecular complexity index is 418. The summed E-state index contributed by atoms with van der Waals surface area (Å²) >= 11 is 0. The number of aromatic nitrogens is 2. The van der Waals surface area contributed by atoms with Gasteiger partial charge in [-0.2, -0.15) is 0 Å². The van der Waals surface area contributed by atoms with Crippen LogP contribution in [0.3, 0.4) is 0 Å². The highest BCUT2D eigenvalue weighted by atomic mass is 16.3. The van der Waals surface area contributed by atoms with Gasteiger partial charge in [-0.25, -0.2) is 9.97 Å². The predicted octanol–water partition coefficient (Wildman–Crippen LogP) is 1.13. The Morgan fingerprint density at radius 1 is 1.15 bits per heavy atom. The molecule has 0 saturated carbocycles. The van der Waals surface area contributed by atoms with Crippen LogP contribution in [0.15, 0.2) is 0 Å². The zero-order valence-corrected chi connectivity index (χ0v) is 12.8. The van der Waals surface area contributed by atoms with Crippen LogP contribution in [0.5, 0.6) is 0 Å². The van der Waals surface area contributed by atoms with Gasteiger partial charge in [0.1, 0.15) is 17.5 Å². The Hall–Kier alpha value is -1.40. The van der Waals surface area contributed by atoms with Crippen molar-refractivity contribution in [2.75, 3.05) is 43.1 Å². The van der Waals surface area contributed by atoms with Crippen molar-refractivity contribution in [3.05, 3.63) is 11.4 Å². The molecule has 0 atom stereocenters. The highest BCUT2D eigenvalue weighted by molar-refractivity contribution is 5.58. The first-order valence-corrected chi connectivity index (χ1v) is 7.14. The molecule has 0 aromatic carbocycles. The van der Waals surface area contributed by atoms with Gasteiger partial charge < -0.3 is 20.4 Å². The van der Waals surface area contributed by atoms with E-state index in [9.17, 15) is 10.2 Å². The Balaban J connectivity index is 3.26. The number of aliphatic hydroxyl groups is 2. The molecule has 0 saturated heterocycles. The molecular weight excluding hydrogens is 256 g/mol. The Morgan fingerprint density at radius 3 is 2.20 bits per heavy atom. The highest BCUT2D eigenvalue weighted by Crippen LogP contribution is 2.25. The predicted molar refractivity (Wildman–Crippen MR) is 81.4 cm³/mol. The van der Waals surface area contributed by atoms with Gasteiger partial charge in [0.05, 0.1) is 13.2 Å². The number of nitrogens with one attached hydrogen (secondary N) is 1. The van der Waals surface area contributed by atoms with Crippen molar-refractivity contribution in [3.8, 4) is 0 Å². The molecule has 1 aromatic heterocycles. The maximum absolute atomic E-state index is 9.18. The molecule has 3 N–H and O–H groups in total. The van der Waals surface area contributed by atoms with Crippen molar-refractivity contribution >= 4 is 11.6 Å². The maximum Gasteiger partial charge on any atom is 0.137 e. The minimum absolute atomic E-state index is 0.0248. The molecule has 0 radical (unpaired) electrons. The summed E-state index contributed by atoms with van der Waals surface area (Å²) in [4.78, 5) is 11.0. The topological polar surface area (TPSA) is 81.5 Å². The van der Waals surface area contributed by atoms with Crippen molar-refractivity contribution < 1.29 is 10.2 Å². The zero-order chi connectivity index (χ0) is 15.1. The molecular formula is C14H26N4O2. The highest BCUT2D eigenvalue weighted by Gasteiger charge is 2.17. The zero-order valence-electron chi connectivity index (χ0n) is 12.8. The van der Waals surface area contributed by atoms with Gasteiger partial charge in [-0.05, 0) is 13.8 Å². The molecule has 114 valence electrons. The molecule has 20 heavy (non-hydrogen) atoms. The van der Waals surface area contributed by atoms with Gasteiger partial charge in [-0.3, -0.25) is 0 Å². The van der Waals surface area contributed by atoms with Crippen LogP contribution >= 0.6 is 0 Å². The Kier molecular flexibility index (Phi) is 6.67. The van der Waals surface area contributed by atoms with Crippen LogP contribution in [0.25, 0.3) is 0 Å². The second-order valence-electron chi connectivity index (χ2n) is 5.00. The van der Waals surface area contributed by atoms with Crippen LogP contribution < -0.4 is 10.2 Å². The molecule has 0 unspecified atom stereocenters. The van der Waals surface area contributed by atoms with Crippen LogP contribution in [0, 0.1) is 6.92 Å². The van der Waals surface area contributed by atoms with E-state index in [-0.39, 0.29) is 19.1 Å². The minimum Gasteiger partial charge on any atom is -0.395 e. The number of nitrogens with zero attached hydrogens (tertiary/aromatic N) is 3. The quantitative estimate of drug-likeness (QED) is 0.663. The molecule has 0 bridgehead atoms. The van der Waals surface area contributed by atoms with Crippen LogP contribution in [0.1, 0.15) is 38.1 Å². The summed E-state index contributed by atoms with van der Waals surface area (Å²) in [6, 6.07) is 0. The van der Waals surface area contributed by atoms with Crippen molar-refractivity contribution in [1.29, 1.82) is 0 Å². The SMILES string of the molecule is CCNc1nc(C(C)C)nc(N(CCO)CCO)c1C. The molecule has 0 aliphatic carbocycles. The first-order valence-electron chi connectivity index (χ1n) is 7.14. The van der Waals surface area contributed by atoms with E-state index in [0.29, 0.717) is 13.1 Å². The van der Waals surface area contributed by atoms with E-state index >= 15 is 0 Å². The number of hydrogen-bond acceptors (Lipinski definition) is 6. The Labute approximate surface area is 120 Å². The molecule has 1 heterocycles. The smallest absolute Gasteiger partial charge is 0.137 e. The van der Waals surface area contributed by atoms with E-state index in [4.69, 9.17) is 0 Å². The number of anilines is 2. The third-order valence-corrected chi connectivity index (χ3v) is 3.04. The third-order valence-electron chi connectivity index (χ3n) is 3.04. The third kappa shape index (κ3) is 4.05. The normalized spacial score (nSPS) is 10.9. The lowest BCUT2D eigenvalue weighted by molar-refractivity contribution is 0.280. The molecule has 0 amide bonds. The second kappa shape index (κ2) is 8.01. The van der Waals surface area contributed by atoms with Crippen LogP contribution in [0.4, 0.5) is 11.6 Å². The molecule has 6 nitrogen and oxygen atoms in total. The van der Waals surface area contributed by atoms with Crippen molar-refractivity contribution in [1.82, 2.24) is 9.97 Å². The van der Waals surface area contributed by atoms with Gasteiger partial charge in [0.25, 0.3) is 0 Å². The summed E-state index contributed by atoms with van der Waals surface area (Å²) in [5, 5.41) is 21.6. The summed E-state index contributed by atoms with van der Waals surface area (Å²) < 4.78 is 0. The summed E-state index contributed by atoms with van der Waals surface area (Å²) in [7, 11) is 0. The standard InChI is InChI=1S/C14H26N4O2/c1-5-15-13-11(4)14(17-12(16-13)10(2)3)18(6-8-19)7-9-20/h10,19-20H,5-9H2,1-4H3,(H,15,16,17). The van der Waals surface area contributed by atoms with E-state index in [1.165, 1.54) is 0 Å². The molecule has 1 rings (SSSR count). The van der Waals surface area contributed by atoms with Crippen molar-refractivity contribution in [2.24, 2.45) is 0 Å². The van der Waals surface area contributed by atoms with E-state index in [1.807, 2.05) is 32.6 Å². The van der Waals surface area contributed by atoms with Gasteiger partial charge in [-0.1, -0.05) is 13.8 Å². The number of hydrogen-bond donors (Lipinski definition) is 3. The summed E-state index contributed by atoms with van der Waals surface area (Å²) in [6.07, 6.45) is 0. The average molecular weight is 282 g/mol. The molecule has 6 heteroatoms. The first-order chi connectivity index (χ1) is 9.54. The van der Waals surface area contributed by atoms with Crippen molar-refractivity contribution in [2.45, 2.75) is 33.6 Å². The summed E-state index contributed by atoms with van der Waals surface area (Å²) in [5.41, 5.74) is 0.943. The second-order valence-corrected chi connectivity index (χ2v) is 5.00. The monoisotopic (exact) mass is 282 g/mol. The van der Waals surface area contributed by atoms with E-state index in [1.54, 1.807) is 0 Å². The lowest BCUT2D eigenvalue weighted by Gasteiger charge is -2.25. The summed E-state index contributed by atoms with van der Waals surface area (Å²) in [6.45, 7) is 9.81. The Morgan fingerprint density at radius 2 is 1.75 bits per heavy atom. The molecule has 0 aliphatic heterocycles. The van der Waals surface area contributed by atoms with Gasteiger partial charge in [0, 0.05) is 31.1 Å². The fourth-order valence-electron chi connectivity index (χ4n) is 1.99. The fraction of sp³-hybridized carbons (Fsp3) is 0.714. The average Bonchev–Trinajstić information content (AvgIpc) is 2.41. The summed E-state index contributed by atoms with van der Waals surface area (Å²) in [5.74, 6) is 2.59. The van der Waals surface area contributed by atoms with Gasteiger partial charge in [0.15, 0.2) is 0 Å². The van der Waals surface area contributed by atoms with Gasteiger partial charge >= 0.3 is 0 Å². The lowest BCUT2D eigenvalue weighted by Crippen LogP contribution is -2.32.